The zero-order valence-electron chi connectivity index (χ0n) is 19.5. The van der Waals surface area contributed by atoms with Crippen molar-refractivity contribution in [3.63, 3.8) is 0 Å². The van der Waals surface area contributed by atoms with Crippen LogP contribution in [0.4, 0.5) is 27.4 Å². The van der Waals surface area contributed by atoms with Gasteiger partial charge in [-0.25, -0.2) is 14.4 Å². The molecule has 1 amide bonds. The van der Waals surface area contributed by atoms with Crippen LogP contribution < -0.4 is 16.0 Å². The molecular formula is C26H25FN8O. The van der Waals surface area contributed by atoms with Crippen molar-refractivity contribution in [2.45, 2.75) is 6.04 Å². The normalized spacial score (nSPS) is 13.7. The number of halogens is 1. The van der Waals surface area contributed by atoms with Crippen LogP contribution in [0.5, 0.6) is 0 Å². The predicted molar refractivity (Wildman–Crippen MR) is 139 cm³/mol. The summed E-state index contributed by atoms with van der Waals surface area (Å²) in [6.45, 7) is 5.37. The Kier molecular flexibility index (Phi) is 6.76. The van der Waals surface area contributed by atoms with E-state index in [1.165, 1.54) is 6.08 Å². The molecule has 36 heavy (non-hydrogen) atoms. The Hall–Kier alpha value is -4.44. The maximum Gasteiger partial charge on any atom is 0.247 e. The lowest BCUT2D eigenvalue weighted by atomic mass is 10.1. The van der Waals surface area contributed by atoms with E-state index in [1.807, 2.05) is 30.3 Å². The molecule has 0 spiro atoms. The number of fused-ring (bicyclic) bond motifs is 1. The number of rotatable bonds is 9. The molecule has 0 radical (unpaired) electrons. The number of nitrogens with one attached hydrogen (secondary N) is 3. The summed E-state index contributed by atoms with van der Waals surface area (Å²) in [5.41, 5.74) is 5.12. The molecule has 4 aromatic rings. The van der Waals surface area contributed by atoms with Gasteiger partial charge in [-0.15, -0.1) is 0 Å². The summed E-state index contributed by atoms with van der Waals surface area (Å²) in [5, 5.41) is 9.44. The molecule has 1 saturated heterocycles. The lowest BCUT2D eigenvalue weighted by molar-refractivity contribution is -0.111. The van der Waals surface area contributed by atoms with Crippen molar-refractivity contribution in [3.8, 4) is 11.3 Å². The van der Waals surface area contributed by atoms with E-state index in [0.29, 0.717) is 40.9 Å². The molecule has 1 aromatic carbocycles. The first-order chi connectivity index (χ1) is 17.6. The van der Waals surface area contributed by atoms with Gasteiger partial charge in [-0.1, -0.05) is 6.58 Å². The summed E-state index contributed by atoms with van der Waals surface area (Å²) in [7, 11) is 0. The highest BCUT2D eigenvalue weighted by atomic mass is 19.1. The van der Waals surface area contributed by atoms with E-state index in [-0.39, 0.29) is 12.6 Å². The number of carbonyl (C=O) groups is 1. The number of pyridine rings is 2. The Morgan fingerprint density at radius 3 is 2.61 bits per heavy atom. The number of aromatic nitrogens is 4. The number of nitrogens with zero attached hydrogens (tertiary/aromatic N) is 5. The van der Waals surface area contributed by atoms with Crippen molar-refractivity contribution in [3.05, 3.63) is 73.7 Å². The van der Waals surface area contributed by atoms with E-state index in [9.17, 15) is 9.18 Å². The fourth-order valence-corrected chi connectivity index (χ4v) is 4.03. The topological polar surface area (TPSA) is 108 Å². The maximum absolute atomic E-state index is 12.4. The van der Waals surface area contributed by atoms with Crippen LogP contribution in [0.1, 0.15) is 0 Å². The quantitative estimate of drug-likeness (QED) is 0.306. The first-order valence-electron chi connectivity index (χ1n) is 11.5. The number of hydrogen-bond acceptors (Lipinski definition) is 8. The largest absolute Gasteiger partial charge is 0.380 e. The molecule has 5 rings (SSSR count). The minimum atomic E-state index is -0.307. The van der Waals surface area contributed by atoms with Crippen LogP contribution in [0, 0.1) is 0 Å². The van der Waals surface area contributed by atoms with Crippen LogP contribution in [-0.4, -0.2) is 63.1 Å². The van der Waals surface area contributed by atoms with Gasteiger partial charge < -0.3 is 16.0 Å². The van der Waals surface area contributed by atoms with Gasteiger partial charge in [0.05, 0.1) is 17.9 Å². The SMILES string of the molecule is C=CC(=O)Nc1ccnc(-c2ccnc3cnc(Nc4ccc(NC5CN(CCF)C5)cc4)nc23)c1. The fraction of sp³-hybridized carbons (Fsp3) is 0.192. The van der Waals surface area contributed by atoms with Crippen LogP contribution >= 0.6 is 0 Å². The van der Waals surface area contributed by atoms with Crippen LogP contribution in [0.15, 0.2) is 73.7 Å². The highest BCUT2D eigenvalue weighted by Gasteiger charge is 2.25. The number of anilines is 4. The Labute approximate surface area is 207 Å². The van der Waals surface area contributed by atoms with Crippen molar-refractivity contribution >= 4 is 40.0 Å². The molecule has 3 aromatic heterocycles. The third-order valence-corrected chi connectivity index (χ3v) is 5.84. The minimum Gasteiger partial charge on any atom is -0.380 e. The summed E-state index contributed by atoms with van der Waals surface area (Å²) in [5.74, 6) is 0.127. The Morgan fingerprint density at radius 2 is 1.83 bits per heavy atom. The second-order valence-corrected chi connectivity index (χ2v) is 8.40. The zero-order chi connectivity index (χ0) is 24.9. The lowest BCUT2D eigenvalue weighted by Crippen LogP contribution is -2.55. The van der Waals surface area contributed by atoms with E-state index in [0.717, 1.165) is 30.0 Å². The number of alkyl halides is 1. The van der Waals surface area contributed by atoms with Crippen molar-refractivity contribution in [2.24, 2.45) is 0 Å². The molecule has 182 valence electrons. The first kappa shape index (κ1) is 23.3. The number of benzene rings is 1. The molecule has 0 bridgehead atoms. The van der Waals surface area contributed by atoms with Gasteiger partial charge in [-0.05, 0) is 48.5 Å². The molecule has 10 heteroatoms. The second-order valence-electron chi connectivity index (χ2n) is 8.40. The van der Waals surface area contributed by atoms with Gasteiger partial charge >= 0.3 is 0 Å². The Morgan fingerprint density at radius 1 is 1.06 bits per heavy atom. The van der Waals surface area contributed by atoms with Crippen LogP contribution in [0.3, 0.4) is 0 Å². The minimum absolute atomic E-state index is 0.298. The monoisotopic (exact) mass is 484 g/mol. The van der Waals surface area contributed by atoms with Crippen LogP contribution in [0.25, 0.3) is 22.3 Å². The zero-order valence-corrected chi connectivity index (χ0v) is 19.5. The highest BCUT2D eigenvalue weighted by molar-refractivity contribution is 5.99. The van der Waals surface area contributed by atoms with E-state index in [1.54, 1.807) is 30.7 Å². The van der Waals surface area contributed by atoms with Crippen LogP contribution in [0.2, 0.25) is 0 Å². The average molecular weight is 485 g/mol. The van der Waals surface area contributed by atoms with E-state index in [4.69, 9.17) is 4.98 Å². The van der Waals surface area contributed by atoms with E-state index < -0.39 is 0 Å². The summed E-state index contributed by atoms with van der Waals surface area (Å²) in [4.78, 5) is 31.7. The summed E-state index contributed by atoms with van der Waals surface area (Å²) < 4.78 is 12.4. The van der Waals surface area contributed by atoms with E-state index in [2.05, 4.69) is 42.4 Å². The first-order valence-corrected chi connectivity index (χ1v) is 11.5. The second kappa shape index (κ2) is 10.4. The number of hydrogen-bond donors (Lipinski definition) is 3. The maximum atomic E-state index is 12.4. The molecule has 0 unspecified atom stereocenters. The van der Waals surface area contributed by atoms with Crippen molar-refractivity contribution < 1.29 is 9.18 Å². The van der Waals surface area contributed by atoms with Crippen molar-refractivity contribution in [1.29, 1.82) is 0 Å². The number of amides is 1. The summed E-state index contributed by atoms with van der Waals surface area (Å²) >= 11 is 0. The lowest BCUT2D eigenvalue weighted by Gasteiger charge is -2.39. The summed E-state index contributed by atoms with van der Waals surface area (Å²) in [6, 6.07) is 13.5. The van der Waals surface area contributed by atoms with Gasteiger partial charge in [0.2, 0.25) is 11.9 Å². The summed E-state index contributed by atoms with van der Waals surface area (Å²) in [6.07, 6.45) is 6.17. The Bertz CT molecular complexity index is 1390. The fourth-order valence-electron chi connectivity index (χ4n) is 4.03. The highest BCUT2D eigenvalue weighted by Crippen LogP contribution is 2.27. The number of carbonyl (C=O) groups excluding carboxylic acids is 1. The van der Waals surface area contributed by atoms with Crippen molar-refractivity contribution in [1.82, 2.24) is 24.8 Å². The molecular weight excluding hydrogens is 459 g/mol. The third kappa shape index (κ3) is 5.28. The van der Waals surface area contributed by atoms with Gasteiger partial charge in [0.25, 0.3) is 0 Å². The molecule has 1 fully saturated rings. The molecule has 0 aliphatic carbocycles. The third-order valence-electron chi connectivity index (χ3n) is 5.84. The molecule has 4 heterocycles. The molecule has 1 aliphatic rings. The standard InChI is InChI=1S/C26H25FN8O/c1-2-24(36)32-19-7-10-28-22(13-19)21-8-11-29-23-14-30-26(34-25(21)23)33-18-5-3-17(4-6-18)31-20-15-35(16-20)12-9-27/h2-8,10-11,13-14,20,31H,1,9,12,15-16H2,(H,28,32,36)(H,30,33,34). The Balaban J connectivity index is 1.32. The van der Waals surface area contributed by atoms with Gasteiger partial charge in [-0.3, -0.25) is 19.7 Å². The smallest absolute Gasteiger partial charge is 0.247 e. The van der Waals surface area contributed by atoms with Gasteiger partial charge in [0.15, 0.2) is 0 Å². The molecule has 0 atom stereocenters. The predicted octanol–water partition coefficient (Wildman–Crippen LogP) is 4.02. The average Bonchev–Trinajstić information content (AvgIpc) is 2.88. The molecule has 3 N–H and O–H groups in total. The van der Waals surface area contributed by atoms with Crippen molar-refractivity contribution in [2.75, 3.05) is 42.3 Å². The van der Waals surface area contributed by atoms with Crippen LogP contribution in [-0.2, 0) is 4.79 Å². The van der Waals surface area contributed by atoms with Gasteiger partial charge in [0, 0.05) is 54.7 Å². The molecule has 9 nitrogen and oxygen atoms in total. The van der Waals surface area contributed by atoms with Gasteiger partial charge in [0.1, 0.15) is 17.7 Å². The van der Waals surface area contributed by atoms with E-state index >= 15 is 0 Å². The number of likely N-dealkylation sites (tertiary alicyclic amines) is 1. The van der Waals surface area contributed by atoms with Gasteiger partial charge in [-0.2, -0.15) is 0 Å². The molecule has 0 saturated carbocycles. The molecule has 1 aliphatic heterocycles.